The minimum absolute atomic E-state index is 0.241. The predicted octanol–water partition coefficient (Wildman–Crippen LogP) is 1.04. The second kappa shape index (κ2) is 8.26. The number of ether oxygens (including phenoxy) is 1. The van der Waals surface area contributed by atoms with Crippen molar-refractivity contribution in [3.63, 3.8) is 0 Å². The number of rotatable bonds is 8. The highest BCUT2D eigenvalue weighted by Crippen LogP contribution is 2.21. The summed E-state index contributed by atoms with van der Waals surface area (Å²) in [7, 11) is -2.12. The quantitative estimate of drug-likeness (QED) is 0.699. The summed E-state index contributed by atoms with van der Waals surface area (Å²) in [6, 6.07) is 3.62. The Kier molecular flexibility index (Phi) is 6.99. The van der Waals surface area contributed by atoms with Crippen LogP contribution in [0.3, 0.4) is 0 Å². The van der Waals surface area contributed by atoms with E-state index in [0.717, 1.165) is 5.56 Å². The molecule has 0 fully saturated rings. The van der Waals surface area contributed by atoms with Gasteiger partial charge in [-0.3, -0.25) is 4.79 Å². The highest BCUT2D eigenvalue weighted by Gasteiger charge is 2.20. The Morgan fingerprint density at radius 1 is 1.18 bits per heavy atom. The number of amides is 1. The molecule has 0 unspecified atom stereocenters. The summed E-state index contributed by atoms with van der Waals surface area (Å²) in [6.07, 6.45) is 0.686. The highest BCUT2D eigenvalue weighted by molar-refractivity contribution is 7.89. The summed E-state index contributed by atoms with van der Waals surface area (Å²) < 4.78 is 31.9. The molecule has 22 heavy (non-hydrogen) atoms. The molecule has 0 aliphatic rings. The number of hydrogen-bond acceptors (Lipinski definition) is 4. The molecule has 0 aliphatic heterocycles. The Bertz CT molecular complexity index is 603. The fourth-order valence-corrected chi connectivity index (χ4v) is 3.76. The summed E-state index contributed by atoms with van der Waals surface area (Å²) in [6.45, 7) is 6.14. The van der Waals surface area contributed by atoms with Gasteiger partial charge in [0, 0.05) is 20.3 Å². The van der Waals surface area contributed by atoms with E-state index < -0.39 is 10.0 Å². The van der Waals surface area contributed by atoms with Gasteiger partial charge in [-0.1, -0.05) is 17.7 Å². The average Bonchev–Trinajstić information content (AvgIpc) is 2.40. The van der Waals surface area contributed by atoms with Crippen LogP contribution in [0.5, 0.6) is 0 Å². The Hall–Kier alpha value is -1.44. The highest BCUT2D eigenvalue weighted by atomic mass is 32.2. The smallest absolute Gasteiger partial charge is 0.241 e. The normalized spacial score (nSPS) is 11.5. The summed E-state index contributed by atoms with van der Waals surface area (Å²) in [5.74, 6) is -0.359. The van der Waals surface area contributed by atoms with Crippen molar-refractivity contribution in [2.24, 2.45) is 0 Å². The van der Waals surface area contributed by atoms with Crippen molar-refractivity contribution in [2.75, 3.05) is 26.8 Å². The largest absolute Gasteiger partial charge is 0.385 e. The van der Waals surface area contributed by atoms with Gasteiger partial charge < -0.3 is 10.1 Å². The van der Waals surface area contributed by atoms with Gasteiger partial charge in [-0.2, -0.15) is 0 Å². The van der Waals surface area contributed by atoms with Crippen molar-refractivity contribution < 1.29 is 17.9 Å². The van der Waals surface area contributed by atoms with E-state index in [-0.39, 0.29) is 17.3 Å². The Morgan fingerprint density at radius 3 is 2.32 bits per heavy atom. The van der Waals surface area contributed by atoms with Gasteiger partial charge in [-0.15, -0.1) is 0 Å². The maximum absolute atomic E-state index is 12.4. The first-order valence-corrected chi connectivity index (χ1v) is 8.59. The van der Waals surface area contributed by atoms with E-state index in [1.165, 1.54) is 0 Å². The van der Waals surface area contributed by atoms with Gasteiger partial charge in [0.05, 0.1) is 11.4 Å². The number of aryl methyl sites for hydroxylation is 3. The summed E-state index contributed by atoms with van der Waals surface area (Å²) in [5, 5.41) is 2.63. The molecular formula is C15H24N2O4S. The molecule has 1 aromatic carbocycles. The molecule has 1 rings (SSSR count). The van der Waals surface area contributed by atoms with E-state index in [0.29, 0.717) is 30.7 Å². The minimum atomic E-state index is -3.70. The fraction of sp³-hybridized carbons (Fsp3) is 0.533. The zero-order chi connectivity index (χ0) is 16.8. The van der Waals surface area contributed by atoms with Gasteiger partial charge in [0.15, 0.2) is 0 Å². The van der Waals surface area contributed by atoms with Crippen LogP contribution < -0.4 is 10.0 Å². The van der Waals surface area contributed by atoms with Crippen molar-refractivity contribution in [1.29, 1.82) is 0 Å². The third kappa shape index (κ3) is 5.40. The summed E-state index contributed by atoms with van der Waals surface area (Å²) >= 11 is 0. The van der Waals surface area contributed by atoms with Crippen LogP contribution in [-0.2, 0) is 19.6 Å². The molecule has 0 spiro atoms. The molecule has 0 heterocycles. The van der Waals surface area contributed by atoms with Crippen LogP contribution in [0.4, 0.5) is 0 Å². The molecule has 1 aromatic rings. The van der Waals surface area contributed by atoms with Gasteiger partial charge in [0.2, 0.25) is 15.9 Å². The van der Waals surface area contributed by atoms with Crippen LogP contribution in [0.25, 0.3) is 0 Å². The van der Waals surface area contributed by atoms with Crippen LogP contribution in [-0.4, -0.2) is 41.1 Å². The van der Waals surface area contributed by atoms with Gasteiger partial charge in [-0.25, -0.2) is 13.1 Å². The zero-order valence-corrected chi connectivity index (χ0v) is 14.3. The lowest BCUT2D eigenvalue weighted by Gasteiger charge is -2.13. The van der Waals surface area contributed by atoms with E-state index in [2.05, 4.69) is 10.0 Å². The average molecular weight is 328 g/mol. The first kappa shape index (κ1) is 18.6. The van der Waals surface area contributed by atoms with E-state index in [1.807, 2.05) is 19.1 Å². The predicted molar refractivity (Wildman–Crippen MR) is 85.3 cm³/mol. The van der Waals surface area contributed by atoms with Crippen molar-refractivity contribution in [1.82, 2.24) is 10.0 Å². The van der Waals surface area contributed by atoms with Crippen molar-refractivity contribution in [2.45, 2.75) is 32.1 Å². The second-order valence-electron chi connectivity index (χ2n) is 5.25. The minimum Gasteiger partial charge on any atom is -0.385 e. The molecule has 0 saturated carbocycles. The first-order valence-electron chi connectivity index (χ1n) is 7.11. The molecule has 2 N–H and O–H groups in total. The van der Waals surface area contributed by atoms with Crippen molar-refractivity contribution in [3.8, 4) is 0 Å². The fourth-order valence-electron chi connectivity index (χ4n) is 2.33. The topological polar surface area (TPSA) is 84.5 Å². The van der Waals surface area contributed by atoms with Gasteiger partial charge in [0.25, 0.3) is 0 Å². The number of sulfonamides is 1. The molecule has 7 heteroatoms. The lowest BCUT2D eigenvalue weighted by atomic mass is 10.1. The third-order valence-electron chi connectivity index (χ3n) is 3.14. The zero-order valence-electron chi connectivity index (χ0n) is 13.5. The molecule has 0 aromatic heterocycles. The van der Waals surface area contributed by atoms with Crippen LogP contribution in [0.1, 0.15) is 23.1 Å². The molecule has 6 nitrogen and oxygen atoms in total. The molecule has 0 saturated heterocycles. The number of benzene rings is 1. The molecule has 0 bridgehead atoms. The van der Waals surface area contributed by atoms with Gasteiger partial charge >= 0.3 is 0 Å². The van der Waals surface area contributed by atoms with Gasteiger partial charge in [-0.05, 0) is 38.3 Å². The number of hydrogen-bond donors (Lipinski definition) is 2. The molecular weight excluding hydrogens is 304 g/mol. The molecule has 0 aliphatic carbocycles. The van der Waals surface area contributed by atoms with Crippen LogP contribution in [0.2, 0.25) is 0 Å². The molecule has 124 valence electrons. The van der Waals surface area contributed by atoms with E-state index in [9.17, 15) is 13.2 Å². The third-order valence-corrected chi connectivity index (χ3v) is 4.85. The van der Waals surface area contributed by atoms with E-state index in [1.54, 1.807) is 21.0 Å². The molecule has 0 radical (unpaired) electrons. The Balaban J connectivity index is 2.67. The standard InChI is InChI=1S/C15H24N2O4S/c1-11-8-12(2)15(13(3)9-11)22(19,20)17-10-14(18)16-6-5-7-21-4/h8-9,17H,5-7,10H2,1-4H3,(H,16,18). The van der Waals surface area contributed by atoms with Crippen molar-refractivity contribution in [3.05, 3.63) is 28.8 Å². The number of carbonyl (C=O) groups excluding carboxylic acids is 1. The Labute approximate surface area is 132 Å². The maximum atomic E-state index is 12.4. The first-order chi connectivity index (χ1) is 10.3. The van der Waals surface area contributed by atoms with Gasteiger partial charge in [0.1, 0.15) is 0 Å². The summed E-state index contributed by atoms with van der Waals surface area (Å²) in [5.41, 5.74) is 2.35. The van der Waals surface area contributed by atoms with Crippen LogP contribution in [0, 0.1) is 20.8 Å². The molecule has 1 amide bonds. The Morgan fingerprint density at radius 2 is 1.77 bits per heavy atom. The second-order valence-corrected chi connectivity index (χ2v) is 6.95. The molecule has 0 atom stereocenters. The lowest BCUT2D eigenvalue weighted by molar-refractivity contribution is -0.120. The SMILES string of the molecule is COCCCNC(=O)CNS(=O)(=O)c1c(C)cc(C)cc1C. The van der Waals surface area contributed by atoms with Crippen LogP contribution >= 0.6 is 0 Å². The monoisotopic (exact) mass is 328 g/mol. The lowest BCUT2D eigenvalue weighted by Crippen LogP contribution is -2.37. The number of methoxy groups -OCH3 is 1. The maximum Gasteiger partial charge on any atom is 0.241 e. The van der Waals surface area contributed by atoms with Crippen LogP contribution in [0.15, 0.2) is 17.0 Å². The van der Waals surface area contributed by atoms with E-state index >= 15 is 0 Å². The van der Waals surface area contributed by atoms with E-state index in [4.69, 9.17) is 4.74 Å². The van der Waals surface area contributed by atoms with Crippen molar-refractivity contribution >= 4 is 15.9 Å². The number of nitrogens with one attached hydrogen (secondary N) is 2. The number of carbonyl (C=O) groups is 1. The summed E-state index contributed by atoms with van der Waals surface area (Å²) in [4.78, 5) is 11.9.